The van der Waals surface area contributed by atoms with E-state index in [2.05, 4.69) is 6.08 Å². The van der Waals surface area contributed by atoms with Gasteiger partial charge in [0.1, 0.15) is 12.1 Å². The first-order valence-electron chi connectivity index (χ1n) is 6.05. The van der Waals surface area contributed by atoms with E-state index < -0.39 is 5.41 Å². The number of hydrogen-bond acceptors (Lipinski definition) is 2. The minimum Gasteiger partial charge on any atom is -0.303 e. The lowest BCUT2D eigenvalue weighted by molar-refractivity contribution is -0.126. The first-order chi connectivity index (χ1) is 7.43. The van der Waals surface area contributed by atoms with Crippen molar-refractivity contribution < 1.29 is 9.59 Å². The molecule has 1 unspecified atom stereocenters. The minimum absolute atomic E-state index is 0.203. The van der Waals surface area contributed by atoms with Gasteiger partial charge >= 0.3 is 0 Å². The van der Waals surface area contributed by atoms with Crippen molar-refractivity contribution in [1.29, 1.82) is 0 Å². The highest BCUT2D eigenvalue weighted by atomic mass is 16.1. The predicted octanol–water partition coefficient (Wildman–Crippen LogP) is 3.70. The molecule has 0 aliphatic rings. The SMILES string of the molecule is CCCC(=O)CC(C)(C=O)CCC=C(C)C. The summed E-state index contributed by atoms with van der Waals surface area (Å²) in [6.45, 7) is 7.95. The highest BCUT2D eigenvalue weighted by Gasteiger charge is 2.25. The molecule has 0 fully saturated rings. The van der Waals surface area contributed by atoms with Crippen LogP contribution in [0.3, 0.4) is 0 Å². The highest BCUT2D eigenvalue weighted by Crippen LogP contribution is 2.26. The Hall–Kier alpha value is -0.920. The number of Topliss-reactive ketones (excluding diaryl/α,β-unsaturated/α-hetero) is 1. The van der Waals surface area contributed by atoms with Crippen LogP contribution in [0.5, 0.6) is 0 Å². The average molecular weight is 224 g/mol. The fraction of sp³-hybridized carbons (Fsp3) is 0.714. The summed E-state index contributed by atoms with van der Waals surface area (Å²) >= 11 is 0. The Morgan fingerprint density at radius 1 is 1.31 bits per heavy atom. The summed E-state index contributed by atoms with van der Waals surface area (Å²) in [6.07, 6.45) is 6.54. The molecule has 0 bridgehead atoms. The monoisotopic (exact) mass is 224 g/mol. The maximum Gasteiger partial charge on any atom is 0.133 e. The lowest BCUT2D eigenvalue weighted by Crippen LogP contribution is -2.22. The fourth-order valence-corrected chi connectivity index (χ4v) is 1.70. The van der Waals surface area contributed by atoms with Crippen LogP contribution in [-0.2, 0) is 9.59 Å². The molecule has 0 aliphatic carbocycles. The number of carbonyl (C=O) groups is 2. The zero-order valence-corrected chi connectivity index (χ0v) is 11.0. The first-order valence-corrected chi connectivity index (χ1v) is 6.05. The van der Waals surface area contributed by atoms with Crippen LogP contribution in [0, 0.1) is 5.41 Å². The van der Waals surface area contributed by atoms with Crippen LogP contribution in [0.1, 0.15) is 59.8 Å². The maximum atomic E-state index is 11.5. The number of hydrogen-bond donors (Lipinski definition) is 0. The Labute approximate surface area is 99.1 Å². The van der Waals surface area contributed by atoms with Crippen LogP contribution in [0.15, 0.2) is 11.6 Å². The normalized spacial score (nSPS) is 14.0. The molecule has 1 atom stereocenters. The van der Waals surface area contributed by atoms with Gasteiger partial charge in [0.15, 0.2) is 0 Å². The minimum atomic E-state index is -0.474. The fourth-order valence-electron chi connectivity index (χ4n) is 1.70. The molecule has 92 valence electrons. The van der Waals surface area contributed by atoms with Crippen LogP contribution in [0.25, 0.3) is 0 Å². The topological polar surface area (TPSA) is 34.1 Å². The highest BCUT2D eigenvalue weighted by molar-refractivity contribution is 5.82. The summed E-state index contributed by atoms with van der Waals surface area (Å²) in [5.74, 6) is 0.203. The number of allylic oxidation sites excluding steroid dienone is 2. The van der Waals surface area contributed by atoms with Crippen molar-refractivity contribution in [2.24, 2.45) is 5.41 Å². The van der Waals surface area contributed by atoms with E-state index >= 15 is 0 Å². The molecular formula is C14H24O2. The predicted molar refractivity (Wildman–Crippen MR) is 67.4 cm³/mol. The molecule has 0 aromatic heterocycles. The lowest BCUT2D eigenvalue weighted by atomic mass is 9.81. The van der Waals surface area contributed by atoms with Gasteiger partial charge in [0.05, 0.1) is 0 Å². The summed E-state index contributed by atoms with van der Waals surface area (Å²) in [7, 11) is 0. The molecular weight excluding hydrogens is 200 g/mol. The molecule has 16 heavy (non-hydrogen) atoms. The van der Waals surface area contributed by atoms with Crippen molar-refractivity contribution >= 4 is 12.1 Å². The van der Waals surface area contributed by atoms with E-state index in [9.17, 15) is 9.59 Å². The third-order valence-corrected chi connectivity index (χ3v) is 2.68. The van der Waals surface area contributed by atoms with Gasteiger partial charge in [-0.25, -0.2) is 0 Å². The molecule has 0 amide bonds. The molecule has 0 aromatic rings. The van der Waals surface area contributed by atoms with E-state index in [-0.39, 0.29) is 5.78 Å². The molecule has 2 nitrogen and oxygen atoms in total. The van der Waals surface area contributed by atoms with Crippen LogP contribution in [0.2, 0.25) is 0 Å². The molecule has 0 saturated carbocycles. The third kappa shape index (κ3) is 6.54. The summed E-state index contributed by atoms with van der Waals surface area (Å²) in [5.41, 5.74) is 0.784. The Bertz CT molecular complexity index is 262. The van der Waals surface area contributed by atoms with Gasteiger partial charge < -0.3 is 4.79 Å². The van der Waals surface area contributed by atoms with E-state index in [4.69, 9.17) is 0 Å². The van der Waals surface area contributed by atoms with E-state index in [0.29, 0.717) is 12.8 Å². The van der Waals surface area contributed by atoms with Crippen molar-refractivity contribution in [3.05, 3.63) is 11.6 Å². The third-order valence-electron chi connectivity index (χ3n) is 2.68. The Kier molecular flexibility index (Phi) is 6.95. The molecule has 0 spiro atoms. The van der Waals surface area contributed by atoms with Crippen LogP contribution < -0.4 is 0 Å². The van der Waals surface area contributed by atoms with Crippen LogP contribution in [0.4, 0.5) is 0 Å². The second kappa shape index (κ2) is 7.37. The number of rotatable bonds is 8. The van der Waals surface area contributed by atoms with Gasteiger partial charge in [0, 0.05) is 18.3 Å². The number of carbonyl (C=O) groups excluding carboxylic acids is 2. The molecule has 0 radical (unpaired) electrons. The molecule has 0 rings (SSSR count). The average Bonchev–Trinajstić information content (AvgIpc) is 2.17. The lowest BCUT2D eigenvalue weighted by Gasteiger charge is -2.21. The maximum absolute atomic E-state index is 11.5. The van der Waals surface area contributed by atoms with Gasteiger partial charge in [-0.1, -0.05) is 25.5 Å². The van der Waals surface area contributed by atoms with E-state index in [0.717, 1.165) is 25.5 Å². The first kappa shape index (κ1) is 15.1. The summed E-state index contributed by atoms with van der Waals surface area (Å²) in [6, 6.07) is 0. The number of aldehydes is 1. The van der Waals surface area contributed by atoms with E-state index in [1.165, 1.54) is 5.57 Å². The zero-order valence-electron chi connectivity index (χ0n) is 11.0. The van der Waals surface area contributed by atoms with Crippen LogP contribution in [-0.4, -0.2) is 12.1 Å². The quantitative estimate of drug-likeness (QED) is 0.465. The molecule has 0 aromatic carbocycles. The van der Waals surface area contributed by atoms with Gasteiger partial charge in [-0.05, 0) is 33.1 Å². The largest absolute Gasteiger partial charge is 0.303 e. The Morgan fingerprint density at radius 2 is 1.94 bits per heavy atom. The summed E-state index contributed by atoms with van der Waals surface area (Å²) < 4.78 is 0. The van der Waals surface area contributed by atoms with Crippen molar-refractivity contribution in [3.63, 3.8) is 0 Å². The second-order valence-electron chi connectivity index (χ2n) is 5.06. The molecule has 0 N–H and O–H groups in total. The van der Waals surface area contributed by atoms with Gasteiger partial charge in [-0.2, -0.15) is 0 Å². The van der Waals surface area contributed by atoms with Gasteiger partial charge in [0.2, 0.25) is 0 Å². The Morgan fingerprint density at radius 3 is 2.38 bits per heavy atom. The standard InChI is InChI=1S/C14H24O2/c1-5-7-13(16)10-14(4,11-15)9-6-8-12(2)3/h8,11H,5-7,9-10H2,1-4H3. The molecule has 0 saturated heterocycles. The van der Waals surface area contributed by atoms with Gasteiger partial charge in [-0.3, -0.25) is 4.79 Å². The van der Waals surface area contributed by atoms with Crippen molar-refractivity contribution in [2.75, 3.05) is 0 Å². The van der Waals surface area contributed by atoms with Gasteiger partial charge in [0.25, 0.3) is 0 Å². The van der Waals surface area contributed by atoms with E-state index in [1.807, 2.05) is 27.7 Å². The molecule has 0 heterocycles. The van der Waals surface area contributed by atoms with Crippen molar-refractivity contribution in [1.82, 2.24) is 0 Å². The summed E-state index contributed by atoms with van der Waals surface area (Å²) in [5, 5.41) is 0. The second-order valence-corrected chi connectivity index (χ2v) is 5.06. The molecule has 0 aliphatic heterocycles. The van der Waals surface area contributed by atoms with Gasteiger partial charge in [-0.15, -0.1) is 0 Å². The molecule has 2 heteroatoms. The van der Waals surface area contributed by atoms with Crippen molar-refractivity contribution in [2.45, 2.75) is 59.8 Å². The number of ketones is 1. The smallest absolute Gasteiger partial charge is 0.133 e. The summed E-state index contributed by atoms with van der Waals surface area (Å²) in [4.78, 5) is 22.6. The van der Waals surface area contributed by atoms with Crippen molar-refractivity contribution in [3.8, 4) is 0 Å². The van der Waals surface area contributed by atoms with E-state index in [1.54, 1.807) is 0 Å². The van der Waals surface area contributed by atoms with Crippen LogP contribution >= 0.6 is 0 Å². The Balaban J connectivity index is 4.25. The zero-order chi connectivity index (χ0) is 12.6.